The van der Waals surface area contributed by atoms with Gasteiger partial charge in [0.2, 0.25) is 5.91 Å². The lowest BCUT2D eigenvalue weighted by atomic mass is 9.93. The highest BCUT2D eigenvalue weighted by Gasteiger charge is 2.35. The molecule has 1 aliphatic heterocycles. The Labute approximate surface area is 222 Å². The van der Waals surface area contributed by atoms with Crippen LogP contribution in [0.15, 0.2) is 53.9 Å². The average molecular weight is 523 g/mol. The molecule has 1 aromatic heterocycles. The molecule has 3 aromatic rings. The minimum absolute atomic E-state index is 0.0187. The van der Waals surface area contributed by atoms with Crippen molar-refractivity contribution in [2.75, 3.05) is 34.4 Å². The fraction of sp³-hybridized carbons (Fsp3) is 0.379. The Bertz CT molecular complexity index is 1240. The van der Waals surface area contributed by atoms with Gasteiger partial charge in [0.05, 0.1) is 32.9 Å². The Balaban J connectivity index is 1.65. The van der Waals surface area contributed by atoms with Crippen molar-refractivity contribution in [2.24, 2.45) is 0 Å². The van der Waals surface area contributed by atoms with Crippen LogP contribution in [0.2, 0.25) is 0 Å². The summed E-state index contributed by atoms with van der Waals surface area (Å²) in [5, 5.41) is 2.08. The summed E-state index contributed by atoms with van der Waals surface area (Å²) in [4.78, 5) is 32.5. The highest BCUT2D eigenvalue weighted by Crippen LogP contribution is 2.38. The summed E-state index contributed by atoms with van der Waals surface area (Å²) in [6.07, 6.45) is 1.52. The second-order valence-corrected chi connectivity index (χ2v) is 10.1. The van der Waals surface area contributed by atoms with Gasteiger partial charge in [-0.3, -0.25) is 9.59 Å². The molecule has 0 aliphatic carbocycles. The van der Waals surface area contributed by atoms with Gasteiger partial charge >= 0.3 is 0 Å². The number of hydrogen-bond acceptors (Lipinski definition) is 6. The van der Waals surface area contributed by atoms with Crippen molar-refractivity contribution in [3.63, 3.8) is 0 Å². The van der Waals surface area contributed by atoms with Crippen molar-refractivity contribution in [3.05, 3.63) is 75.5 Å². The summed E-state index contributed by atoms with van der Waals surface area (Å²) in [6, 6.07) is 14.7. The van der Waals surface area contributed by atoms with Gasteiger partial charge in [0.15, 0.2) is 0 Å². The molecule has 2 atom stereocenters. The van der Waals surface area contributed by atoms with Crippen LogP contribution in [-0.2, 0) is 11.2 Å². The fourth-order valence-electron chi connectivity index (χ4n) is 4.75. The summed E-state index contributed by atoms with van der Waals surface area (Å²) >= 11 is 1.73. The predicted molar refractivity (Wildman–Crippen MR) is 145 cm³/mol. The monoisotopic (exact) mass is 522 g/mol. The highest BCUT2D eigenvalue weighted by molar-refractivity contribution is 7.10. The smallest absolute Gasteiger partial charge is 0.258 e. The summed E-state index contributed by atoms with van der Waals surface area (Å²) in [7, 11) is 4.73. The summed E-state index contributed by atoms with van der Waals surface area (Å²) < 4.78 is 16.1. The van der Waals surface area contributed by atoms with Crippen molar-refractivity contribution in [2.45, 2.75) is 38.8 Å². The number of methoxy groups -OCH3 is 3. The highest BCUT2D eigenvalue weighted by atomic mass is 32.1. The number of amides is 2. The van der Waals surface area contributed by atoms with Gasteiger partial charge in [-0.15, -0.1) is 11.3 Å². The standard InChI is InChI=1S/C29H34N2O5S/c1-6-19(2)31(29(33)23-12-11-22(35-4)17-25(23)36-5)18-27(32)30-15-13-26-24(14-16-37-26)28(30)20-7-9-21(34-3)10-8-20/h7-12,14,16-17,19,28H,6,13,15,18H2,1-5H3/t19-,28-/m1/s1. The first-order valence-corrected chi connectivity index (χ1v) is 13.3. The molecule has 196 valence electrons. The molecule has 2 aromatic carbocycles. The van der Waals surface area contributed by atoms with E-state index in [1.54, 1.807) is 48.7 Å². The third-order valence-corrected chi connectivity index (χ3v) is 8.04. The second kappa shape index (κ2) is 11.7. The Hall–Kier alpha value is -3.52. The normalized spacial score (nSPS) is 15.5. The van der Waals surface area contributed by atoms with Crippen LogP contribution in [0.3, 0.4) is 0 Å². The SMILES string of the molecule is CC[C@@H](C)N(CC(=O)N1CCc2sccc2[C@H]1c1ccc(OC)cc1)C(=O)c1ccc(OC)cc1OC. The number of benzene rings is 2. The molecule has 0 saturated heterocycles. The molecule has 2 heterocycles. The van der Waals surface area contributed by atoms with E-state index in [-0.39, 0.29) is 30.4 Å². The van der Waals surface area contributed by atoms with Crippen molar-refractivity contribution in [3.8, 4) is 17.2 Å². The molecule has 4 rings (SSSR count). The lowest BCUT2D eigenvalue weighted by Crippen LogP contribution is -2.49. The Morgan fingerprint density at radius 1 is 1.03 bits per heavy atom. The van der Waals surface area contributed by atoms with Crippen molar-refractivity contribution in [1.29, 1.82) is 0 Å². The topological polar surface area (TPSA) is 68.3 Å². The van der Waals surface area contributed by atoms with Crippen LogP contribution in [0, 0.1) is 0 Å². The summed E-state index contributed by atoms with van der Waals surface area (Å²) in [5.74, 6) is 1.46. The third kappa shape index (κ3) is 5.44. The molecule has 7 nitrogen and oxygen atoms in total. The molecule has 0 bridgehead atoms. The van der Waals surface area contributed by atoms with Gasteiger partial charge in [0.25, 0.3) is 5.91 Å². The molecule has 2 amide bonds. The van der Waals surface area contributed by atoms with E-state index in [1.165, 1.54) is 12.0 Å². The van der Waals surface area contributed by atoms with E-state index in [4.69, 9.17) is 14.2 Å². The molecule has 1 aliphatic rings. The quantitative estimate of drug-likeness (QED) is 0.387. The fourth-order valence-corrected chi connectivity index (χ4v) is 5.65. The third-order valence-electron chi connectivity index (χ3n) is 7.05. The van der Waals surface area contributed by atoms with E-state index in [0.717, 1.165) is 23.3 Å². The molecule has 0 fully saturated rings. The van der Waals surface area contributed by atoms with Gasteiger partial charge in [-0.25, -0.2) is 0 Å². The van der Waals surface area contributed by atoms with Crippen LogP contribution < -0.4 is 14.2 Å². The molecular formula is C29H34N2O5S. The molecule has 0 unspecified atom stereocenters. The molecule has 0 spiro atoms. The maximum Gasteiger partial charge on any atom is 0.258 e. The van der Waals surface area contributed by atoms with E-state index >= 15 is 0 Å². The molecule has 0 N–H and O–H groups in total. The summed E-state index contributed by atoms with van der Waals surface area (Å²) in [5.41, 5.74) is 2.57. The van der Waals surface area contributed by atoms with Gasteiger partial charge in [0, 0.05) is 23.5 Å². The largest absolute Gasteiger partial charge is 0.497 e. The predicted octanol–water partition coefficient (Wildman–Crippen LogP) is 5.19. The zero-order chi connectivity index (χ0) is 26.5. The first-order valence-electron chi connectivity index (χ1n) is 12.4. The lowest BCUT2D eigenvalue weighted by molar-refractivity contribution is -0.134. The zero-order valence-electron chi connectivity index (χ0n) is 22.0. The van der Waals surface area contributed by atoms with Gasteiger partial charge in [-0.2, -0.15) is 0 Å². The minimum Gasteiger partial charge on any atom is -0.497 e. The van der Waals surface area contributed by atoms with E-state index in [1.807, 2.05) is 43.0 Å². The van der Waals surface area contributed by atoms with E-state index < -0.39 is 0 Å². The molecule has 0 radical (unpaired) electrons. The number of carbonyl (C=O) groups is 2. The summed E-state index contributed by atoms with van der Waals surface area (Å²) in [6.45, 7) is 4.56. The van der Waals surface area contributed by atoms with Crippen LogP contribution in [0.5, 0.6) is 17.2 Å². The maximum absolute atomic E-state index is 13.9. The number of thiophene rings is 1. The molecule has 8 heteroatoms. The van der Waals surface area contributed by atoms with Crippen LogP contribution in [-0.4, -0.2) is 62.1 Å². The number of rotatable bonds is 9. The number of nitrogens with zero attached hydrogens (tertiary/aromatic N) is 2. The van der Waals surface area contributed by atoms with E-state index in [2.05, 4.69) is 11.4 Å². The van der Waals surface area contributed by atoms with Crippen molar-refractivity contribution < 1.29 is 23.8 Å². The van der Waals surface area contributed by atoms with Crippen LogP contribution in [0.4, 0.5) is 0 Å². The van der Waals surface area contributed by atoms with E-state index in [9.17, 15) is 9.59 Å². The second-order valence-electron chi connectivity index (χ2n) is 9.07. The van der Waals surface area contributed by atoms with Gasteiger partial charge in [-0.1, -0.05) is 19.1 Å². The van der Waals surface area contributed by atoms with Crippen molar-refractivity contribution in [1.82, 2.24) is 9.80 Å². The zero-order valence-corrected chi connectivity index (χ0v) is 22.8. The number of hydrogen-bond donors (Lipinski definition) is 0. The minimum atomic E-state index is -0.239. The first kappa shape index (κ1) is 26.5. The maximum atomic E-state index is 13.9. The molecular weight excluding hydrogens is 488 g/mol. The lowest BCUT2D eigenvalue weighted by Gasteiger charge is -2.38. The van der Waals surface area contributed by atoms with E-state index in [0.29, 0.717) is 30.0 Å². The van der Waals surface area contributed by atoms with Gasteiger partial charge < -0.3 is 24.0 Å². The molecule has 0 saturated carbocycles. The number of carbonyl (C=O) groups excluding carboxylic acids is 2. The first-order chi connectivity index (χ1) is 17.9. The van der Waals surface area contributed by atoms with Crippen molar-refractivity contribution >= 4 is 23.2 Å². The number of ether oxygens (including phenoxy) is 3. The average Bonchev–Trinajstić information content (AvgIpc) is 3.43. The Morgan fingerprint density at radius 3 is 2.38 bits per heavy atom. The van der Waals surface area contributed by atoms with Crippen LogP contribution in [0.1, 0.15) is 52.7 Å². The van der Waals surface area contributed by atoms with Gasteiger partial charge in [0.1, 0.15) is 23.8 Å². The molecule has 37 heavy (non-hydrogen) atoms. The Morgan fingerprint density at radius 2 is 1.73 bits per heavy atom. The van der Waals surface area contributed by atoms with Crippen LogP contribution in [0.25, 0.3) is 0 Å². The van der Waals surface area contributed by atoms with Gasteiger partial charge in [-0.05, 0) is 66.6 Å². The van der Waals surface area contributed by atoms with Crippen LogP contribution >= 0.6 is 11.3 Å². The number of fused-ring (bicyclic) bond motifs is 1. The Kier molecular flexibility index (Phi) is 8.38.